The Labute approximate surface area is 128 Å². The Bertz CT molecular complexity index is 218. The third-order valence-electron chi connectivity index (χ3n) is 4.78. The van der Waals surface area contributed by atoms with E-state index in [1.54, 1.807) is 0 Å². The molecule has 2 aliphatic carbocycles. The fourth-order valence-corrected chi connectivity index (χ4v) is 5.68. The van der Waals surface area contributed by atoms with E-state index in [-0.39, 0.29) is 11.2 Å². The van der Waals surface area contributed by atoms with Crippen molar-refractivity contribution >= 4 is 23.5 Å². The van der Waals surface area contributed by atoms with E-state index in [9.17, 15) is 0 Å². The zero-order valence-corrected chi connectivity index (χ0v) is 14.3. The maximum atomic E-state index is 6.95. The summed E-state index contributed by atoms with van der Waals surface area (Å²) in [4.78, 5) is 0. The van der Waals surface area contributed by atoms with Crippen LogP contribution in [0.1, 0.15) is 64.2 Å². The van der Waals surface area contributed by atoms with Crippen molar-refractivity contribution in [1.82, 2.24) is 0 Å². The third kappa shape index (κ3) is 4.31. The summed E-state index contributed by atoms with van der Waals surface area (Å²) in [5.41, 5.74) is 0.398. The maximum Gasteiger partial charge on any atom is 0.0780 e. The molecule has 2 fully saturated rings. The molecule has 0 spiro atoms. The smallest absolute Gasteiger partial charge is 0.0780 e. The first-order chi connectivity index (χ1) is 9.24. The fraction of sp³-hybridized carbons (Fsp3) is 1.00. The Hall–Kier alpha value is 0.660. The molecular formula is C16H30OS2. The van der Waals surface area contributed by atoms with E-state index in [1.165, 1.54) is 75.7 Å². The van der Waals surface area contributed by atoms with Gasteiger partial charge in [0.05, 0.1) is 11.2 Å². The summed E-state index contributed by atoms with van der Waals surface area (Å²) < 4.78 is 6.95. The van der Waals surface area contributed by atoms with Crippen molar-refractivity contribution in [1.29, 1.82) is 0 Å². The van der Waals surface area contributed by atoms with Crippen molar-refractivity contribution in [3.8, 4) is 0 Å². The lowest BCUT2D eigenvalue weighted by molar-refractivity contribution is -0.162. The zero-order valence-electron chi connectivity index (χ0n) is 12.7. The zero-order chi connectivity index (χ0) is 13.6. The number of hydrogen-bond acceptors (Lipinski definition) is 3. The first kappa shape index (κ1) is 16.0. The van der Waals surface area contributed by atoms with Gasteiger partial charge >= 0.3 is 0 Å². The van der Waals surface area contributed by atoms with Crippen LogP contribution in [-0.2, 0) is 4.74 Å². The second-order valence-electron chi connectivity index (χ2n) is 6.46. The molecule has 0 N–H and O–H groups in total. The number of thioether (sulfide) groups is 2. The minimum absolute atomic E-state index is 0.199. The molecule has 0 amide bonds. The molecule has 0 saturated heterocycles. The largest absolute Gasteiger partial charge is 0.367 e. The molecule has 0 aliphatic heterocycles. The van der Waals surface area contributed by atoms with Crippen molar-refractivity contribution in [2.24, 2.45) is 0 Å². The van der Waals surface area contributed by atoms with E-state index in [2.05, 4.69) is 12.5 Å². The summed E-state index contributed by atoms with van der Waals surface area (Å²) in [6, 6.07) is 0. The van der Waals surface area contributed by atoms with Gasteiger partial charge in [-0.15, -0.1) is 0 Å². The quantitative estimate of drug-likeness (QED) is 0.673. The van der Waals surface area contributed by atoms with Crippen LogP contribution in [0.25, 0.3) is 0 Å². The molecule has 0 bridgehead atoms. The van der Waals surface area contributed by atoms with Crippen molar-refractivity contribution in [3.05, 3.63) is 0 Å². The molecule has 1 nitrogen and oxygen atoms in total. The first-order valence-corrected chi connectivity index (χ1v) is 10.7. The van der Waals surface area contributed by atoms with Crippen LogP contribution in [0.5, 0.6) is 0 Å². The summed E-state index contributed by atoms with van der Waals surface area (Å²) in [6.45, 7) is 0. The summed E-state index contributed by atoms with van der Waals surface area (Å²) in [6.07, 6.45) is 18.0. The Balaban J connectivity index is 2.07. The molecule has 2 saturated carbocycles. The van der Waals surface area contributed by atoms with Crippen LogP contribution in [0.15, 0.2) is 0 Å². The second-order valence-corrected chi connectivity index (χ2v) is 8.19. The highest BCUT2D eigenvalue weighted by atomic mass is 32.2. The molecule has 0 aromatic rings. The summed E-state index contributed by atoms with van der Waals surface area (Å²) >= 11 is 3.96. The lowest BCUT2D eigenvalue weighted by Crippen LogP contribution is -2.49. The van der Waals surface area contributed by atoms with Crippen LogP contribution in [0.4, 0.5) is 0 Å². The van der Waals surface area contributed by atoms with Crippen molar-refractivity contribution < 1.29 is 4.74 Å². The van der Waals surface area contributed by atoms with Gasteiger partial charge in [-0.05, 0) is 38.2 Å². The van der Waals surface area contributed by atoms with Crippen molar-refractivity contribution in [3.63, 3.8) is 0 Å². The predicted molar refractivity (Wildman–Crippen MR) is 89.5 cm³/mol. The van der Waals surface area contributed by atoms with Crippen LogP contribution >= 0.6 is 23.5 Å². The fourth-order valence-electron chi connectivity index (χ4n) is 3.93. The SMILES string of the molecule is CSCC1(OC2(CSC)CCCCC2)CCCCC1. The van der Waals surface area contributed by atoms with E-state index < -0.39 is 0 Å². The molecule has 0 radical (unpaired) electrons. The molecule has 0 unspecified atom stereocenters. The highest BCUT2D eigenvalue weighted by molar-refractivity contribution is 7.98. The number of ether oxygens (including phenoxy) is 1. The highest BCUT2D eigenvalue weighted by Crippen LogP contribution is 2.43. The van der Waals surface area contributed by atoms with E-state index in [0.29, 0.717) is 0 Å². The van der Waals surface area contributed by atoms with Gasteiger partial charge in [0.15, 0.2) is 0 Å². The Kier molecular flexibility index (Phi) is 6.42. The number of rotatable bonds is 6. The van der Waals surface area contributed by atoms with Gasteiger partial charge in [0, 0.05) is 11.5 Å². The lowest BCUT2D eigenvalue weighted by Gasteiger charge is -2.47. The molecule has 19 heavy (non-hydrogen) atoms. The minimum Gasteiger partial charge on any atom is -0.367 e. The topological polar surface area (TPSA) is 9.23 Å². The first-order valence-electron chi connectivity index (χ1n) is 7.92. The Morgan fingerprint density at radius 3 is 1.37 bits per heavy atom. The Morgan fingerprint density at radius 2 is 1.05 bits per heavy atom. The molecule has 3 heteroatoms. The average Bonchev–Trinajstić information content (AvgIpc) is 2.41. The summed E-state index contributed by atoms with van der Waals surface area (Å²) in [5, 5.41) is 0. The molecule has 2 rings (SSSR count). The average molecular weight is 303 g/mol. The van der Waals surface area contributed by atoms with Gasteiger partial charge in [-0.1, -0.05) is 38.5 Å². The van der Waals surface area contributed by atoms with Gasteiger partial charge in [-0.25, -0.2) is 0 Å². The van der Waals surface area contributed by atoms with Gasteiger partial charge in [0.2, 0.25) is 0 Å². The van der Waals surface area contributed by atoms with Crippen LogP contribution in [0.2, 0.25) is 0 Å². The van der Waals surface area contributed by atoms with Crippen molar-refractivity contribution in [2.75, 3.05) is 24.0 Å². The lowest BCUT2D eigenvalue weighted by atomic mass is 9.82. The molecule has 0 heterocycles. The van der Waals surface area contributed by atoms with Crippen LogP contribution in [0.3, 0.4) is 0 Å². The molecule has 0 aromatic carbocycles. The molecule has 2 aliphatic rings. The molecule has 0 atom stereocenters. The summed E-state index contributed by atoms with van der Waals surface area (Å²) in [7, 11) is 0. The third-order valence-corrected chi connectivity index (χ3v) is 6.41. The van der Waals surface area contributed by atoms with Crippen LogP contribution < -0.4 is 0 Å². The van der Waals surface area contributed by atoms with Crippen LogP contribution in [0, 0.1) is 0 Å². The van der Waals surface area contributed by atoms with Crippen LogP contribution in [-0.4, -0.2) is 35.2 Å². The predicted octanol–water partition coefficient (Wildman–Crippen LogP) is 5.13. The normalized spacial score (nSPS) is 26.2. The summed E-state index contributed by atoms with van der Waals surface area (Å²) in [5.74, 6) is 2.40. The minimum atomic E-state index is 0.199. The Morgan fingerprint density at radius 1 is 0.684 bits per heavy atom. The van der Waals surface area contributed by atoms with Gasteiger partial charge in [-0.3, -0.25) is 0 Å². The van der Waals surface area contributed by atoms with Crippen molar-refractivity contribution in [2.45, 2.75) is 75.4 Å². The highest BCUT2D eigenvalue weighted by Gasteiger charge is 2.42. The number of hydrogen-bond donors (Lipinski definition) is 0. The standard InChI is InChI=1S/C16H30OS2/c1-18-13-15(9-5-3-6-10-15)17-16(14-19-2)11-7-4-8-12-16/h3-14H2,1-2H3. The van der Waals surface area contributed by atoms with Gasteiger partial charge < -0.3 is 4.74 Å². The van der Waals surface area contributed by atoms with E-state index in [1.807, 2.05) is 23.5 Å². The second kappa shape index (κ2) is 7.61. The monoisotopic (exact) mass is 302 g/mol. The van der Waals surface area contributed by atoms with E-state index in [4.69, 9.17) is 4.74 Å². The molecule has 112 valence electrons. The molecular weight excluding hydrogens is 272 g/mol. The van der Waals surface area contributed by atoms with E-state index in [0.717, 1.165) is 0 Å². The molecule has 0 aromatic heterocycles. The van der Waals surface area contributed by atoms with Gasteiger partial charge in [-0.2, -0.15) is 23.5 Å². The van der Waals surface area contributed by atoms with E-state index >= 15 is 0 Å². The maximum absolute atomic E-state index is 6.95. The van der Waals surface area contributed by atoms with Gasteiger partial charge in [0.1, 0.15) is 0 Å². The van der Waals surface area contributed by atoms with Gasteiger partial charge in [0.25, 0.3) is 0 Å².